The van der Waals surface area contributed by atoms with Gasteiger partial charge < -0.3 is 20.3 Å². The van der Waals surface area contributed by atoms with Gasteiger partial charge in [-0.05, 0) is 32.3 Å². The molecule has 9 heteroatoms. The van der Waals surface area contributed by atoms with Crippen LogP contribution in [0.1, 0.15) is 56.0 Å². The summed E-state index contributed by atoms with van der Waals surface area (Å²) in [4.78, 5) is 28.6. The van der Waals surface area contributed by atoms with Gasteiger partial charge in [-0.15, -0.1) is 0 Å². The Morgan fingerprint density at radius 2 is 1.88 bits per heavy atom. The normalized spacial score (nSPS) is 19.2. The lowest BCUT2D eigenvalue weighted by atomic mass is 9.83. The topological polar surface area (TPSA) is 99.3 Å². The summed E-state index contributed by atoms with van der Waals surface area (Å²) >= 11 is 0. The number of urea groups is 1. The first-order valence-corrected chi connectivity index (χ1v) is 15.5. The highest BCUT2D eigenvalue weighted by atomic mass is 28.3. The number of fused-ring (bicyclic) bond motifs is 1. The van der Waals surface area contributed by atoms with Gasteiger partial charge in [-0.3, -0.25) is 9.89 Å². The van der Waals surface area contributed by atoms with E-state index in [0.29, 0.717) is 19.0 Å². The van der Waals surface area contributed by atoms with Crippen molar-refractivity contribution >= 4 is 25.8 Å². The van der Waals surface area contributed by atoms with E-state index in [1.807, 2.05) is 44.2 Å². The van der Waals surface area contributed by atoms with Gasteiger partial charge in [-0.25, -0.2) is 4.79 Å². The highest BCUT2D eigenvalue weighted by molar-refractivity contribution is 6.83. The van der Waals surface area contributed by atoms with Crippen LogP contribution < -0.4 is 10.6 Å². The molecule has 3 amide bonds. The van der Waals surface area contributed by atoms with E-state index >= 15 is 0 Å². The van der Waals surface area contributed by atoms with Crippen molar-refractivity contribution in [2.75, 3.05) is 19.0 Å². The van der Waals surface area contributed by atoms with Gasteiger partial charge in [0.2, 0.25) is 5.91 Å². The Morgan fingerprint density at radius 1 is 1.21 bits per heavy atom. The largest absolute Gasteiger partial charge is 0.382 e. The van der Waals surface area contributed by atoms with Crippen LogP contribution in [0.25, 0.3) is 0 Å². The lowest BCUT2D eigenvalue weighted by Gasteiger charge is -2.48. The van der Waals surface area contributed by atoms with Crippen molar-refractivity contribution in [3.05, 3.63) is 47.2 Å². The standard InChI is InChI=1S/C25H37N5O3Si/c1-24(2)20-18(21(29-28-20)27-22(31)25(13-10-14-25)34(4,5)6)15-30(24)23(32)26-19(16-33-3)17-11-8-7-9-12-17/h7-9,11-12,19H,10,13-16H2,1-6H3,(H,26,32)(H2,27,28,29,31)/t19-/m1/s1. The first kappa shape index (κ1) is 24.5. The average Bonchev–Trinajstić information content (AvgIpc) is 3.24. The summed E-state index contributed by atoms with van der Waals surface area (Å²) < 4.78 is 5.37. The third-order valence-corrected chi connectivity index (χ3v) is 11.5. The number of aromatic nitrogens is 2. The van der Waals surface area contributed by atoms with Gasteiger partial charge >= 0.3 is 6.03 Å². The fourth-order valence-corrected chi connectivity index (χ4v) is 7.92. The third kappa shape index (κ3) is 4.05. The molecule has 184 valence electrons. The fraction of sp³-hybridized carbons (Fsp3) is 0.560. The predicted molar refractivity (Wildman–Crippen MR) is 135 cm³/mol. The van der Waals surface area contributed by atoms with Gasteiger partial charge in [-0.2, -0.15) is 5.10 Å². The van der Waals surface area contributed by atoms with E-state index in [-0.39, 0.29) is 23.0 Å². The van der Waals surface area contributed by atoms with E-state index < -0.39 is 13.6 Å². The molecule has 8 nitrogen and oxygen atoms in total. The Balaban J connectivity index is 1.52. The van der Waals surface area contributed by atoms with Crippen LogP contribution in [0.3, 0.4) is 0 Å². The van der Waals surface area contributed by atoms with Gasteiger partial charge in [0.25, 0.3) is 0 Å². The zero-order chi connectivity index (χ0) is 24.7. The second-order valence-electron chi connectivity index (χ2n) is 11.1. The molecule has 0 unspecified atom stereocenters. The quantitative estimate of drug-likeness (QED) is 0.495. The maximum Gasteiger partial charge on any atom is 0.319 e. The molecule has 1 aliphatic carbocycles. The molecule has 1 saturated carbocycles. The van der Waals surface area contributed by atoms with Crippen LogP contribution in [0.5, 0.6) is 0 Å². The van der Waals surface area contributed by atoms with E-state index in [2.05, 4.69) is 40.5 Å². The molecule has 1 aromatic carbocycles. The molecule has 1 aromatic heterocycles. The number of anilines is 1. The van der Waals surface area contributed by atoms with Crippen molar-refractivity contribution in [1.29, 1.82) is 0 Å². The number of ether oxygens (including phenoxy) is 1. The van der Waals surface area contributed by atoms with Crippen LogP contribution in [-0.2, 0) is 21.6 Å². The molecule has 1 aliphatic heterocycles. The number of nitrogens with zero attached hydrogens (tertiary/aromatic N) is 2. The van der Waals surface area contributed by atoms with Gasteiger partial charge in [-0.1, -0.05) is 56.4 Å². The minimum atomic E-state index is -1.70. The molecule has 2 aliphatic rings. The summed E-state index contributed by atoms with van der Waals surface area (Å²) in [6.45, 7) is 11.5. The second-order valence-corrected chi connectivity index (χ2v) is 16.5. The zero-order valence-corrected chi connectivity index (χ0v) is 22.1. The molecule has 1 atom stereocenters. The predicted octanol–water partition coefficient (Wildman–Crippen LogP) is 4.76. The number of hydrogen-bond acceptors (Lipinski definition) is 4. The summed E-state index contributed by atoms with van der Waals surface area (Å²) in [5.74, 6) is 0.626. The third-order valence-electron chi connectivity index (χ3n) is 7.86. The Kier molecular flexibility index (Phi) is 6.37. The second kappa shape index (κ2) is 8.85. The summed E-state index contributed by atoms with van der Waals surface area (Å²) in [5, 5.41) is 13.6. The van der Waals surface area contributed by atoms with E-state index in [1.54, 1.807) is 12.0 Å². The minimum Gasteiger partial charge on any atom is -0.382 e. The maximum atomic E-state index is 13.4. The summed E-state index contributed by atoms with van der Waals surface area (Å²) in [5.41, 5.74) is 2.12. The Morgan fingerprint density at radius 3 is 2.44 bits per heavy atom. The maximum absolute atomic E-state index is 13.4. The summed E-state index contributed by atoms with van der Waals surface area (Å²) in [7, 11) is -0.0733. The smallest absolute Gasteiger partial charge is 0.319 e. The Hall–Kier alpha value is -2.65. The molecule has 0 bridgehead atoms. The molecule has 2 heterocycles. The monoisotopic (exact) mass is 483 g/mol. The van der Waals surface area contributed by atoms with Crippen molar-refractivity contribution in [3.63, 3.8) is 0 Å². The Bertz CT molecular complexity index is 1060. The summed E-state index contributed by atoms with van der Waals surface area (Å²) in [6, 6.07) is 9.36. The molecule has 1 fully saturated rings. The SMILES string of the molecule is COC[C@@H](NC(=O)N1Cc2c(NC(=O)C3([Si](C)(C)C)CCC3)n[nH]c2C1(C)C)c1ccccc1. The molecule has 2 aromatic rings. The van der Waals surface area contributed by atoms with Gasteiger partial charge in [0.15, 0.2) is 5.82 Å². The van der Waals surface area contributed by atoms with Crippen LogP contribution in [0.15, 0.2) is 30.3 Å². The van der Waals surface area contributed by atoms with Crippen LogP contribution in [-0.4, -0.2) is 48.8 Å². The van der Waals surface area contributed by atoms with E-state index in [4.69, 9.17) is 4.74 Å². The van der Waals surface area contributed by atoms with Crippen molar-refractivity contribution in [2.45, 2.75) is 75.9 Å². The van der Waals surface area contributed by atoms with Crippen molar-refractivity contribution in [1.82, 2.24) is 20.4 Å². The Labute approximate surface area is 202 Å². The van der Waals surface area contributed by atoms with Crippen molar-refractivity contribution in [3.8, 4) is 0 Å². The van der Waals surface area contributed by atoms with Gasteiger partial charge in [0.05, 0.1) is 38.5 Å². The van der Waals surface area contributed by atoms with Gasteiger partial charge in [0, 0.05) is 17.7 Å². The van der Waals surface area contributed by atoms with E-state index in [9.17, 15) is 9.59 Å². The molecule has 4 rings (SSSR count). The van der Waals surface area contributed by atoms with Crippen LogP contribution in [0.2, 0.25) is 24.7 Å². The molecule has 3 N–H and O–H groups in total. The van der Waals surface area contributed by atoms with E-state index in [0.717, 1.165) is 36.1 Å². The van der Waals surface area contributed by atoms with Crippen molar-refractivity contribution < 1.29 is 14.3 Å². The number of carbonyl (C=O) groups excluding carboxylic acids is 2. The number of hydrogen-bond donors (Lipinski definition) is 3. The lowest BCUT2D eigenvalue weighted by molar-refractivity contribution is -0.121. The highest BCUT2D eigenvalue weighted by Crippen LogP contribution is 2.56. The minimum absolute atomic E-state index is 0.0807. The first-order valence-electron chi connectivity index (χ1n) is 12.0. The molecule has 0 saturated heterocycles. The zero-order valence-electron chi connectivity index (χ0n) is 21.1. The number of methoxy groups -OCH3 is 1. The molecule has 0 spiro atoms. The van der Waals surface area contributed by atoms with E-state index in [1.165, 1.54) is 0 Å². The number of H-pyrrole nitrogens is 1. The highest BCUT2D eigenvalue weighted by Gasteiger charge is 2.54. The van der Waals surface area contributed by atoms with Gasteiger partial charge in [0.1, 0.15) is 0 Å². The fourth-order valence-electron chi connectivity index (χ4n) is 5.32. The molecular formula is C25H37N5O3Si. The van der Waals surface area contributed by atoms with Crippen molar-refractivity contribution in [2.24, 2.45) is 0 Å². The summed E-state index contributed by atoms with van der Waals surface area (Å²) in [6.07, 6.45) is 2.99. The molecular weight excluding hydrogens is 446 g/mol. The number of amides is 3. The number of nitrogens with one attached hydrogen (secondary N) is 3. The number of rotatable bonds is 7. The number of benzene rings is 1. The van der Waals surface area contributed by atoms with Crippen LogP contribution >= 0.6 is 0 Å². The average molecular weight is 484 g/mol. The lowest BCUT2D eigenvalue weighted by Crippen LogP contribution is -2.52. The van der Waals surface area contributed by atoms with Crippen LogP contribution in [0.4, 0.5) is 10.6 Å². The van der Waals surface area contributed by atoms with Crippen LogP contribution in [0, 0.1) is 0 Å². The molecule has 0 radical (unpaired) electrons. The first-order chi connectivity index (χ1) is 16.0. The molecule has 34 heavy (non-hydrogen) atoms. The number of carbonyl (C=O) groups is 2. The number of aromatic amines is 1.